The van der Waals surface area contributed by atoms with E-state index >= 15 is 0 Å². The lowest BCUT2D eigenvalue weighted by atomic mass is 10.1. The molecule has 0 fully saturated rings. The zero-order chi connectivity index (χ0) is 23.2. The molecule has 0 saturated heterocycles. The SMILES string of the molecule is CNC(=O)[C@H](C)N(Cc1cccc(OC)c1)C(=O)CN(c1ccc(C)cc1)S(C)(=O)=O. The van der Waals surface area contributed by atoms with Gasteiger partial charge in [-0.1, -0.05) is 29.8 Å². The maximum atomic E-state index is 13.3. The van der Waals surface area contributed by atoms with E-state index in [2.05, 4.69) is 5.32 Å². The lowest BCUT2D eigenvalue weighted by Crippen LogP contribution is -2.50. The molecule has 0 spiro atoms. The first-order valence-electron chi connectivity index (χ1n) is 9.75. The van der Waals surface area contributed by atoms with Gasteiger partial charge in [0.1, 0.15) is 18.3 Å². The molecule has 0 heterocycles. The topological polar surface area (TPSA) is 96.0 Å². The van der Waals surface area contributed by atoms with Crippen LogP contribution in [0.1, 0.15) is 18.1 Å². The maximum Gasteiger partial charge on any atom is 0.244 e. The number of hydrogen-bond donors (Lipinski definition) is 1. The van der Waals surface area contributed by atoms with E-state index in [-0.39, 0.29) is 12.5 Å². The second-order valence-corrected chi connectivity index (χ2v) is 9.18. The van der Waals surface area contributed by atoms with Gasteiger partial charge in [-0.2, -0.15) is 0 Å². The Balaban J connectivity index is 2.37. The van der Waals surface area contributed by atoms with Crippen molar-refractivity contribution >= 4 is 27.5 Å². The van der Waals surface area contributed by atoms with Gasteiger partial charge in [0, 0.05) is 13.6 Å². The fraction of sp³-hybridized carbons (Fsp3) is 0.364. The van der Waals surface area contributed by atoms with Crippen LogP contribution in [0.5, 0.6) is 5.75 Å². The Kier molecular flexibility index (Phi) is 8.04. The van der Waals surface area contributed by atoms with Crippen LogP contribution < -0.4 is 14.4 Å². The van der Waals surface area contributed by atoms with E-state index in [0.29, 0.717) is 11.4 Å². The van der Waals surface area contributed by atoms with Crippen molar-refractivity contribution in [3.63, 3.8) is 0 Å². The zero-order valence-electron chi connectivity index (χ0n) is 18.5. The number of hydrogen-bond acceptors (Lipinski definition) is 5. The van der Waals surface area contributed by atoms with Crippen LogP contribution in [0.3, 0.4) is 0 Å². The number of nitrogens with zero attached hydrogens (tertiary/aromatic N) is 2. The Bertz CT molecular complexity index is 1020. The molecule has 0 radical (unpaired) electrons. The maximum absolute atomic E-state index is 13.3. The van der Waals surface area contributed by atoms with Crippen LogP contribution in [0.15, 0.2) is 48.5 Å². The minimum atomic E-state index is -3.73. The molecule has 2 aromatic rings. The highest BCUT2D eigenvalue weighted by Crippen LogP contribution is 2.20. The number of likely N-dealkylation sites (N-methyl/N-ethyl adjacent to an activating group) is 1. The number of nitrogens with one attached hydrogen (secondary N) is 1. The Morgan fingerprint density at radius 3 is 2.32 bits per heavy atom. The van der Waals surface area contributed by atoms with Crippen LogP contribution in [0.2, 0.25) is 0 Å². The van der Waals surface area contributed by atoms with E-state index in [1.54, 1.807) is 56.5 Å². The predicted molar refractivity (Wildman–Crippen MR) is 120 cm³/mol. The van der Waals surface area contributed by atoms with Crippen LogP contribution in [0.25, 0.3) is 0 Å². The zero-order valence-corrected chi connectivity index (χ0v) is 19.3. The number of amides is 2. The molecule has 0 saturated carbocycles. The first-order valence-corrected chi connectivity index (χ1v) is 11.6. The number of ether oxygens (including phenoxy) is 1. The minimum absolute atomic E-state index is 0.121. The van der Waals surface area contributed by atoms with Crippen LogP contribution in [-0.2, 0) is 26.2 Å². The first kappa shape index (κ1) is 24.2. The van der Waals surface area contributed by atoms with Crippen LogP contribution in [0.4, 0.5) is 5.69 Å². The summed E-state index contributed by atoms with van der Waals surface area (Å²) in [5, 5.41) is 2.54. The first-order chi connectivity index (χ1) is 14.6. The third kappa shape index (κ3) is 6.45. The number of rotatable bonds is 9. The molecule has 0 unspecified atom stereocenters. The van der Waals surface area contributed by atoms with Crippen molar-refractivity contribution in [3.8, 4) is 5.75 Å². The Morgan fingerprint density at radius 1 is 1.13 bits per heavy atom. The predicted octanol–water partition coefficient (Wildman–Crippen LogP) is 1.93. The van der Waals surface area contributed by atoms with Crippen LogP contribution >= 0.6 is 0 Å². The summed E-state index contributed by atoms with van der Waals surface area (Å²) in [7, 11) is -0.699. The molecule has 168 valence electrons. The summed E-state index contributed by atoms with van der Waals surface area (Å²) in [4.78, 5) is 26.9. The smallest absolute Gasteiger partial charge is 0.244 e. The summed E-state index contributed by atoms with van der Waals surface area (Å²) < 4.78 is 31.1. The van der Waals surface area contributed by atoms with Crippen molar-refractivity contribution in [2.75, 3.05) is 31.3 Å². The van der Waals surface area contributed by atoms with E-state index in [1.165, 1.54) is 11.9 Å². The summed E-state index contributed by atoms with van der Waals surface area (Å²) in [5.41, 5.74) is 2.11. The average Bonchev–Trinajstić information content (AvgIpc) is 2.74. The van der Waals surface area contributed by atoms with Crippen molar-refractivity contribution in [2.45, 2.75) is 26.4 Å². The molecule has 0 aliphatic carbocycles. The van der Waals surface area contributed by atoms with Crippen molar-refractivity contribution in [2.24, 2.45) is 0 Å². The van der Waals surface area contributed by atoms with Crippen molar-refractivity contribution in [1.29, 1.82) is 0 Å². The highest BCUT2D eigenvalue weighted by molar-refractivity contribution is 7.92. The van der Waals surface area contributed by atoms with Gasteiger partial charge in [0.2, 0.25) is 21.8 Å². The van der Waals surface area contributed by atoms with Gasteiger partial charge in [0.05, 0.1) is 19.1 Å². The second-order valence-electron chi connectivity index (χ2n) is 7.27. The molecule has 1 atom stereocenters. The van der Waals surface area contributed by atoms with Crippen molar-refractivity contribution in [1.82, 2.24) is 10.2 Å². The van der Waals surface area contributed by atoms with E-state index in [9.17, 15) is 18.0 Å². The number of sulfonamides is 1. The van der Waals surface area contributed by atoms with Gasteiger partial charge in [-0.05, 0) is 43.7 Å². The molecule has 0 bridgehead atoms. The summed E-state index contributed by atoms with van der Waals surface area (Å²) in [6, 6.07) is 13.2. The molecule has 2 amide bonds. The third-order valence-electron chi connectivity index (χ3n) is 4.90. The number of benzene rings is 2. The molecule has 31 heavy (non-hydrogen) atoms. The lowest BCUT2D eigenvalue weighted by Gasteiger charge is -2.31. The normalized spacial score (nSPS) is 12.0. The van der Waals surface area contributed by atoms with E-state index < -0.39 is 28.5 Å². The Labute approximate surface area is 183 Å². The van der Waals surface area contributed by atoms with Gasteiger partial charge in [0.25, 0.3) is 0 Å². The number of aryl methyl sites for hydroxylation is 1. The molecule has 1 N–H and O–H groups in total. The molecule has 8 nitrogen and oxygen atoms in total. The highest BCUT2D eigenvalue weighted by atomic mass is 32.2. The second kappa shape index (κ2) is 10.3. The molecule has 0 aromatic heterocycles. The molecule has 0 aliphatic rings. The molecule has 2 rings (SSSR count). The number of anilines is 1. The quantitative estimate of drug-likeness (QED) is 0.634. The Hall–Kier alpha value is -3.07. The summed E-state index contributed by atoms with van der Waals surface area (Å²) >= 11 is 0. The number of methoxy groups -OCH3 is 1. The van der Waals surface area contributed by atoms with E-state index in [1.807, 2.05) is 13.0 Å². The average molecular weight is 448 g/mol. The largest absolute Gasteiger partial charge is 0.497 e. The van der Waals surface area contributed by atoms with Crippen LogP contribution in [0, 0.1) is 6.92 Å². The molecule has 0 aliphatic heterocycles. The number of carbonyl (C=O) groups is 2. The molecular weight excluding hydrogens is 418 g/mol. The van der Waals surface area contributed by atoms with Gasteiger partial charge in [-0.3, -0.25) is 13.9 Å². The molecular formula is C22H29N3O5S. The third-order valence-corrected chi connectivity index (χ3v) is 6.04. The summed E-state index contributed by atoms with van der Waals surface area (Å²) in [6.45, 7) is 3.19. The molecule has 2 aromatic carbocycles. The number of carbonyl (C=O) groups excluding carboxylic acids is 2. The fourth-order valence-electron chi connectivity index (χ4n) is 3.08. The van der Waals surface area contributed by atoms with Gasteiger partial charge in [-0.15, -0.1) is 0 Å². The lowest BCUT2D eigenvalue weighted by molar-refractivity contribution is -0.139. The van der Waals surface area contributed by atoms with Crippen LogP contribution in [-0.4, -0.2) is 58.1 Å². The van der Waals surface area contributed by atoms with Gasteiger partial charge in [0.15, 0.2) is 0 Å². The molecule has 9 heteroatoms. The fourth-order valence-corrected chi connectivity index (χ4v) is 3.93. The van der Waals surface area contributed by atoms with Crippen molar-refractivity contribution in [3.05, 3.63) is 59.7 Å². The highest BCUT2D eigenvalue weighted by Gasteiger charge is 2.29. The van der Waals surface area contributed by atoms with E-state index in [4.69, 9.17) is 4.74 Å². The monoisotopic (exact) mass is 447 g/mol. The van der Waals surface area contributed by atoms with Gasteiger partial charge >= 0.3 is 0 Å². The van der Waals surface area contributed by atoms with E-state index in [0.717, 1.165) is 21.7 Å². The minimum Gasteiger partial charge on any atom is -0.497 e. The van der Waals surface area contributed by atoms with Gasteiger partial charge < -0.3 is 15.0 Å². The summed E-state index contributed by atoms with van der Waals surface area (Å²) in [5.74, 6) is -0.225. The van der Waals surface area contributed by atoms with Crippen molar-refractivity contribution < 1.29 is 22.7 Å². The van der Waals surface area contributed by atoms with Gasteiger partial charge in [-0.25, -0.2) is 8.42 Å². The Morgan fingerprint density at radius 2 is 1.77 bits per heavy atom. The summed E-state index contributed by atoms with van der Waals surface area (Å²) in [6.07, 6.45) is 1.05. The standard InChI is InChI=1S/C22H29N3O5S/c1-16-9-11-19(12-10-16)25(31(5,28)29)15-21(26)24(17(2)22(27)23-3)14-18-7-6-8-20(13-18)30-4/h6-13,17H,14-15H2,1-5H3,(H,23,27)/t17-/m0/s1.